The van der Waals surface area contributed by atoms with Gasteiger partial charge in [0.1, 0.15) is 0 Å². The molecule has 0 N–H and O–H groups in total. The van der Waals surface area contributed by atoms with E-state index in [-0.39, 0.29) is 0 Å². The predicted octanol–water partition coefficient (Wildman–Crippen LogP) is 4.38. The highest BCUT2D eigenvalue weighted by atomic mass is 32.1. The standard InChI is InChI=1S/C17H18OS/c1-18-17(19)13-16(15-10-6-3-7-11-15)12-14-8-4-2-5-9-14/h2-11,16H,12-13H2,1H3. The van der Waals surface area contributed by atoms with Gasteiger partial charge < -0.3 is 4.74 Å². The molecule has 0 aliphatic heterocycles. The van der Waals surface area contributed by atoms with Gasteiger partial charge in [-0.05, 0) is 35.7 Å². The van der Waals surface area contributed by atoms with Crippen LogP contribution in [0.15, 0.2) is 60.7 Å². The van der Waals surface area contributed by atoms with Crippen LogP contribution in [0, 0.1) is 0 Å². The molecule has 0 fully saturated rings. The fourth-order valence-electron chi connectivity index (χ4n) is 2.22. The van der Waals surface area contributed by atoms with Crippen LogP contribution >= 0.6 is 12.2 Å². The molecule has 0 heterocycles. The molecule has 0 radical (unpaired) electrons. The molecule has 19 heavy (non-hydrogen) atoms. The summed E-state index contributed by atoms with van der Waals surface area (Å²) in [6.45, 7) is 0. The molecule has 0 aliphatic rings. The average molecular weight is 270 g/mol. The van der Waals surface area contributed by atoms with Crippen molar-refractivity contribution in [2.75, 3.05) is 7.11 Å². The van der Waals surface area contributed by atoms with E-state index in [0.29, 0.717) is 11.0 Å². The molecule has 1 atom stereocenters. The first-order valence-corrected chi connectivity index (χ1v) is 6.86. The van der Waals surface area contributed by atoms with Gasteiger partial charge in [0.25, 0.3) is 0 Å². The highest BCUT2D eigenvalue weighted by Crippen LogP contribution is 2.25. The van der Waals surface area contributed by atoms with Crippen LogP contribution in [0.2, 0.25) is 0 Å². The Kier molecular flexibility index (Phi) is 5.10. The van der Waals surface area contributed by atoms with Crippen molar-refractivity contribution >= 4 is 17.3 Å². The largest absolute Gasteiger partial charge is 0.490 e. The summed E-state index contributed by atoms with van der Waals surface area (Å²) in [7, 11) is 1.65. The Morgan fingerprint density at radius 1 is 1.00 bits per heavy atom. The van der Waals surface area contributed by atoms with Crippen LogP contribution in [-0.4, -0.2) is 12.2 Å². The predicted molar refractivity (Wildman–Crippen MR) is 83.6 cm³/mol. The number of methoxy groups -OCH3 is 1. The van der Waals surface area contributed by atoms with Gasteiger partial charge in [0, 0.05) is 6.42 Å². The molecule has 0 amide bonds. The highest BCUT2D eigenvalue weighted by molar-refractivity contribution is 7.80. The summed E-state index contributed by atoms with van der Waals surface area (Å²) in [4.78, 5) is 0. The first kappa shape index (κ1) is 13.8. The van der Waals surface area contributed by atoms with Gasteiger partial charge in [-0.15, -0.1) is 0 Å². The molecule has 0 bridgehead atoms. The summed E-state index contributed by atoms with van der Waals surface area (Å²) in [5.74, 6) is 0.371. The van der Waals surface area contributed by atoms with Gasteiger partial charge in [-0.3, -0.25) is 0 Å². The topological polar surface area (TPSA) is 9.23 Å². The zero-order valence-corrected chi connectivity index (χ0v) is 11.9. The lowest BCUT2D eigenvalue weighted by molar-refractivity contribution is 0.396. The van der Waals surface area contributed by atoms with Gasteiger partial charge in [-0.2, -0.15) is 0 Å². The van der Waals surface area contributed by atoms with E-state index in [1.54, 1.807) is 7.11 Å². The second-order valence-electron chi connectivity index (χ2n) is 4.58. The molecule has 0 spiro atoms. The minimum absolute atomic E-state index is 0.371. The zero-order chi connectivity index (χ0) is 13.5. The molecule has 2 rings (SSSR count). The molecule has 2 aromatic rings. The Morgan fingerprint density at radius 3 is 2.16 bits per heavy atom. The summed E-state index contributed by atoms with van der Waals surface area (Å²) >= 11 is 5.23. The average Bonchev–Trinajstić information content (AvgIpc) is 2.48. The first-order valence-electron chi connectivity index (χ1n) is 6.45. The van der Waals surface area contributed by atoms with E-state index >= 15 is 0 Å². The monoisotopic (exact) mass is 270 g/mol. The van der Waals surface area contributed by atoms with Crippen molar-refractivity contribution in [1.29, 1.82) is 0 Å². The Bertz CT molecular complexity index is 507. The van der Waals surface area contributed by atoms with Crippen molar-refractivity contribution in [3.05, 3.63) is 71.8 Å². The molecule has 98 valence electrons. The summed E-state index contributed by atoms with van der Waals surface area (Å²) in [5, 5.41) is 0.671. The molecule has 2 heteroatoms. The van der Waals surface area contributed by atoms with Crippen molar-refractivity contribution in [3.8, 4) is 0 Å². The van der Waals surface area contributed by atoms with Gasteiger partial charge in [0.05, 0.1) is 7.11 Å². The van der Waals surface area contributed by atoms with Crippen LogP contribution in [-0.2, 0) is 11.2 Å². The minimum atomic E-state index is 0.371. The quantitative estimate of drug-likeness (QED) is 0.746. The van der Waals surface area contributed by atoms with E-state index in [0.717, 1.165) is 12.8 Å². The Labute approximate surface area is 120 Å². The fourth-order valence-corrected chi connectivity index (χ4v) is 2.42. The maximum absolute atomic E-state index is 5.23. The molecule has 0 saturated carbocycles. The van der Waals surface area contributed by atoms with E-state index < -0.39 is 0 Å². The third kappa shape index (κ3) is 4.18. The van der Waals surface area contributed by atoms with Crippen LogP contribution in [0.25, 0.3) is 0 Å². The van der Waals surface area contributed by atoms with Gasteiger partial charge in [0.15, 0.2) is 5.05 Å². The van der Waals surface area contributed by atoms with Crippen LogP contribution in [0.3, 0.4) is 0 Å². The first-order chi connectivity index (χ1) is 9.29. The third-order valence-electron chi connectivity index (χ3n) is 3.24. The number of hydrogen-bond donors (Lipinski definition) is 0. The van der Waals surface area contributed by atoms with Crippen LogP contribution in [0.4, 0.5) is 0 Å². The number of thiocarbonyl (C=S) groups is 1. The molecule has 1 unspecified atom stereocenters. The van der Waals surface area contributed by atoms with Crippen molar-refractivity contribution < 1.29 is 4.74 Å². The fraction of sp³-hybridized carbons (Fsp3) is 0.235. The number of hydrogen-bond acceptors (Lipinski definition) is 2. The maximum atomic E-state index is 5.23. The van der Waals surface area contributed by atoms with Crippen LogP contribution in [0.5, 0.6) is 0 Å². The van der Waals surface area contributed by atoms with E-state index in [9.17, 15) is 0 Å². The molecular formula is C17H18OS. The second kappa shape index (κ2) is 7.05. The summed E-state index contributed by atoms with van der Waals surface area (Å²) in [5.41, 5.74) is 2.64. The maximum Gasteiger partial charge on any atom is 0.159 e. The second-order valence-corrected chi connectivity index (χ2v) is 5.03. The highest BCUT2D eigenvalue weighted by Gasteiger charge is 2.14. The van der Waals surface area contributed by atoms with E-state index in [1.165, 1.54) is 11.1 Å². The smallest absolute Gasteiger partial charge is 0.159 e. The van der Waals surface area contributed by atoms with Crippen molar-refractivity contribution in [1.82, 2.24) is 0 Å². The Balaban J connectivity index is 2.17. The zero-order valence-electron chi connectivity index (χ0n) is 11.1. The Hall–Kier alpha value is -1.67. The van der Waals surface area contributed by atoms with Gasteiger partial charge >= 0.3 is 0 Å². The van der Waals surface area contributed by atoms with E-state index in [1.807, 2.05) is 12.1 Å². The van der Waals surface area contributed by atoms with Crippen LogP contribution < -0.4 is 0 Å². The lowest BCUT2D eigenvalue weighted by Gasteiger charge is -2.17. The summed E-state index contributed by atoms with van der Waals surface area (Å²) < 4.78 is 5.17. The molecule has 0 aliphatic carbocycles. The lowest BCUT2D eigenvalue weighted by atomic mass is 9.89. The normalized spacial score (nSPS) is 11.8. The number of rotatable bonds is 5. The summed E-state index contributed by atoms with van der Waals surface area (Å²) in [6, 6.07) is 21.0. The third-order valence-corrected chi connectivity index (χ3v) is 3.57. The van der Waals surface area contributed by atoms with Gasteiger partial charge in [-0.1, -0.05) is 60.7 Å². The van der Waals surface area contributed by atoms with Gasteiger partial charge in [0.2, 0.25) is 0 Å². The molecule has 2 aromatic carbocycles. The molecular weight excluding hydrogens is 252 g/mol. The SMILES string of the molecule is COC(=S)CC(Cc1ccccc1)c1ccccc1. The lowest BCUT2D eigenvalue weighted by Crippen LogP contribution is -2.09. The molecule has 0 aromatic heterocycles. The molecule has 1 nitrogen and oxygen atoms in total. The number of benzene rings is 2. The van der Waals surface area contributed by atoms with Gasteiger partial charge in [-0.25, -0.2) is 0 Å². The molecule has 0 saturated heterocycles. The Morgan fingerprint density at radius 2 is 1.58 bits per heavy atom. The van der Waals surface area contributed by atoms with Crippen molar-refractivity contribution in [2.45, 2.75) is 18.8 Å². The van der Waals surface area contributed by atoms with Crippen LogP contribution in [0.1, 0.15) is 23.5 Å². The number of ether oxygens (including phenoxy) is 1. The minimum Gasteiger partial charge on any atom is -0.490 e. The van der Waals surface area contributed by atoms with E-state index in [4.69, 9.17) is 17.0 Å². The van der Waals surface area contributed by atoms with E-state index in [2.05, 4.69) is 48.5 Å². The summed E-state index contributed by atoms with van der Waals surface area (Å²) in [6.07, 6.45) is 1.76. The van der Waals surface area contributed by atoms with Crippen molar-refractivity contribution in [2.24, 2.45) is 0 Å². The van der Waals surface area contributed by atoms with Crippen molar-refractivity contribution in [3.63, 3.8) is 0 Å².